The maximum absolute atomic E-state index is 11.5. The minimum absolute atomic E-state index is 0.105. The van der Waals surface area contributed by atoms with E-state index in [0.717, 1.165) is 12.7 Å². The van der Waals surface area contributed by atoms with Crippen LogP contribution in [0.3, 0.4) is 0 Å². The van der Waals surface area contributed by atoms with Crippen LogP contribution in [-0.4, -0.2) is 39.1 Å². The van der Waals surface area contributed by atoms with Gasteiger partial charge in [0, 0.05) is 13.0 Å². The Hall–Kier alpha value is -1.15. The molecule has 0 spiro atoms. The molecule has 1 unspecified atom stereocenters. The van der Waals surface area contributed by atoms with Crippen LogP contribution in [0.25, 0.3) is 0 Å². The van der Waals surface area contributed by atoms with E-state index in [2.05, 4.69) is 5.32 Å². The van der Waals surface area contributed by atoms with Gasteiger partial charge in [0.05, 0.1) is 12.3 Å². The highest BCUT2D eigenvalue weighted by molar-refractivity contribution is 7.89. The number of nitrogens with two attached hydrogens (primary N) is 1. The van der Waals surface area contributed by atoms with Crippen molar-refractivity contribution in [2.75, 3.05) is 12.8 Å². The monoisotopic (exact) mass is 293 g/mol. The van der Waals surface area contributed by atoms with Crippen molar-refractivity contribution >= 4 is 21.8 Å². The van der Waals surface area contributed by atoms with Crippen molar-refractivity contribution in [3.8, 4) is 0 Å². The summed E-state index contributed by atoms with van der Waals surface area (Å²) >= 11 is 0. The number of nitrogens with one attached hydrogen (secondary N) is 2. The van der Waals surface area contributed by atoms with Crippen LogP contribution in [-0.2, 0) is 19.6 Å². The molecule has 7 nitrogen and oxygen atoms in total. The number of rotatable bonds is 8. The minimum atomic E-state index is -3.56. The molecule has 1 atom stereocenters. The van der Waals surface area contributed by atoms with Gasteiger partial charge in [-0.1, -0.05) is 13.8 Å². The molecule has 0 saturated heterocycles. The van der Waals surface area contributed by atoms with Crippen molar-refractivity contribution in [1.82, 2.24) is 10.0 Å². The molecule has 0 aliphatic heterocycles. The van der Waals surface area contributed by atoms with Crippen molar-refractivity contribution in [3.05, 3.63) is 0 Å². The van der Waals surface area contributed by atoms with Crippen LogP contribution in [0.2, 0.25) is 0 Å². The first-order valence-corrected chi connectivity index (χ1v) is 8.05. The Balaban J connectivity index is 3.93. The zero-order chi connectivity index (χ0) is 15.1. The Morgan fingerprint density at radius 3 is 2.26 bits per heavy atom. The number of hydrogen-bond acceptors (Lipinski definition) is 5. The van der Waals surface area contributed by atoms with Crippen molar-refractivity contribution < 1.29 is 18.0 Å². The molecule has 0 aromatic rings. The Morgan fingerprint density at radius 1 is 1.21 bits per heavy atom. The lowest BCUT2D eigenvalue weighted by Gasteiger charge is -2.12. The van der Waals surface area contributed by atoms with E-state index in [9.17, 15) is 18.0 Å². The van der Waals surface area contributed by atoms with E-state index in [0.29, 0.717) is 12.5 Å². The van der Waals surface area contributed by atoms with Crippen LogP contribution < -0.4 is 15.8 Å². The molecule has 0 heterocycles. The van der Waals surface area contributed by atoms with Gasteiger partial charge in [-0.3, -0.25) is 14.3 Å². The van der Waals surface area contributed by atoms with Crippen LogP contribution >= 0.6 is 0 Å². The summed E-state index contributed by atoms with van der Waals surface area (Å²) in [5.74, 6) is -0.502. The number of amides is 2. The Labute approximate surface area is 114 Å². The van der Waals surface area contributed by atoms with Gasteiger partial charge in [0.15, 0.2) is 0 Å². The van der Waals surface area contributed by atoms with Gasteiger partial charge in [-0.15, -0.1) is 0 Å². The number of carbonyl (C=O) groups is 2. The molecular formula is C11H23N3O4S. The van der Waals surface area contributed by atoms with Gasteiger partial charge in [0.1, 0.15) is 0 Å². The summed E-state index contributed by atoms with van der Waals surface area (Å²) < 4.78 is 23.4. The average molecular weight is 293 g/mol. The van der Waals surface area contributed by atoms with E-state index in [-0.39, 0.29) is 18.7 Å². The third-order valence-corrected chi connectivity index (χ3v) is 2.94. The Morgan fingerprint density at radius 2 is 1.79 bits per heavy atom. The molecule has 0 saturated carbocycles. The Bertz CT molecular complexity index is 406. The number of carbonyl (C=O) groups excluding carboxylic acids is 2. The molecule has 8 heteroatoms. The molecule has 0 aromatic heterocycles. The molecule has 0 fully saturated rings. The maximum atomic E-state index is 11.5. The van der Waals surface area contributed by atoms with Crippen LogP contribution in [0, 0.1) is 5.92 Å². The summed E-state index contributed by atoms with van der Waals surface area (Å²) in [6.45, 7) is 4.63. The molecule has 0 bridgehead atoms. The van der Waals surface area contributed by atoms with E-state index >= 15 is 0 Å². The topological polar surface area (TPSA) is 118 Å². The maximum Gasteiger partial charge on any atom is 0.236 e. The van der Waals surface area contributed by atoms with Gasteiger partial charge in [0.2, 0.25) is 21.8 Å². The third kappa shape index (κ3) is 10.5. The predicted molar refractivity (Wildman–Crippen MR) is 72.7 cm³/mol. The molecule has 4 N–H and O–H groups in total. The molecule has 0 rings (SSSR count). The van der Waals surface area contributed by atoms with E-state index in [1.807, 2.05) is 18.6 Å². The first kappa shape index (κ1) is 17.8. The molecule has 0 aliphatic carbocycles. The first-order valence-electron chi connectivity index (χ1n) is 6.15. The summed E-state index contributed by atoms with van der Waals surface area (Å²) in [7, 11) is -3.56. The largest absolute Gasteiger partial charge is 0.355 e. The molecular weight excluding hydrogens is 270 g/mol. The van der Waals surface area contributed by atoms with Crippen LogP contribution in [0.15, 0.2) is 0 Å². The lowest BCUT2D eigenvalue weighted by molar-refractivity contribution is -0.123. The van der Waals surface area contributed by atoms with E-state index in [4.69, 9.17) is 5.73 Å². The summed E-state index contributed by atoms with van der Waals surface area (Å²) in [5.41, 5.74) is 5.60. The average Bonchev–Trinajstić information content (AvgIpc) is 2.22. The zero-order valence-corrected chi connectivity index (χ0v) is 12.4. The van der Waals surface area contributed by atoms with Gasteiger partial charge < -0.3 is 11.1 Å². The predicted octanol–water partition coefficient (Wildman–Crippen LogP) is -0.668. The fourth-order valence-corrected chi connectivity index (χ4v) is 1.81. The van der Waals surface area contributed by atoms with Crippen molar-refractivity contribution in [2.24, 2.45) is 11.7 Å². The highest BCUT2D eigenvalue weighted by Gasteiger charge is 2.16. The zero-order valence-electron chi connectivity index (χ0n) is 11.6. The standard InChI is InChI=1S/C11H23N3O4S/c1-8(2)6-7-13-11(16)9(12)4-5-10(15)14-19(3,17)18/h8-9H,4-7,12H2,1-3H3,(H,13,16)(H,14,15). The van der Waals surface area contributed by atoms with E-state index in [1.54, 1.807) is 0 Å². The van der Waals surface area contributed by atoms with Gasteiger partial charge in [0.25, 0.3) is 0 Å². The SMILES string of the molecule is CC(C)CCNC(=O)C(N)CCC(=O)NS(C)(=O)=O. The highest BCUT2D eigenvalue weighted by atomic mass is 32.2. The van der Waals surface area contributed by atoms with Gasteiger partial charge in [-0.2, -0.15) is 0 Å². The summed E-state index contributed by atoms with van der Waals surface area (Å²) in [5, 5.41) is 2.67. The molecule has 0 aliphatic rings. The van der Waals surface area contributed by atoms with Crippen molar-refractivity contribution in [3.63, 3.8) is 0 Å². The number of sulfonamides is 1. The normalized spacial score (nSPS) is 13.1. The fourth-order valence-electron chi connectivity index (χ4n) is 1.29. The fraction of sp³-hybridized carbons (Fsp3) is 0.818. The van der Waals surface area contributed by atoms with E-state index < -0.39 is 22.0 Å². The molecule has 0 aromatic carbocycles. The second-order valence-corrected chi connectivity index (χ2v) is 6.66. The molecule has 112 valence electrons. The summed E-state index contributed by atoms with van der Waals surface area (Å²) in [6, 6.07) is -0.808. The van der Waals surface area contributed by atoms with Gasteiger partial charge in [-0.05, 0) is 18.8 Å². The lowest BCUT2D eigenvalue weighted by atomic mass is 10.1. The van der Waals surface area contributed by atoms with Crippen LogP contribution in [0.4, 0.5) is 0 Å². The molecule has 19 heavy (non-hydrogen) atoms. The van der Waals surface area contributed by atoms with Crippen LogP contribution in [0.5, 0.6) is 0 Å². The second kappa shape index (κ2) is 8.11. The lowest BCUT2D eigenvalue weighted by Crippen LogP contribution is -2.42. The van der Waals surface area contributed by atoms with Gasteiger partial charge >= 0.3 is 0 Å². The van der Waals surface area contributed by atoms with Crippen molar-refractivity contribution in [1.29, 1.82) is 0 Å². The number of hydrogen-bond donors (Lipinski definition) is 3. The van der Waals surface area contributed by atoms with Crippen molar-refractivity contribution in [2.45, 2.75) is 39.2 Å². The minimum Gasteiger partial charge on any atom is -0.355 e. The highest BCUT2D eigenvalue weighted by Crippen LogP contribution is 1.98. The second-order valence-electron chi connectivity index (χ2n) is 4.92. The summed E-state index contributed by atoms with van der Waals surface area (Å²) in [6.07, 6.45) is 1.75. The van der Waals surface area contributed by atoms with Crippen LogP contribution in [0.1, 0.15) is 33.1 Å². The quantitative estimate of drug-likeness (QED) is 0.548. The third-order valence-electron chi connectivity index (χ3n) is 2.34. The first-order chi connectivity index (χ1) is 8.61. The molecule has 0 radical (unpaired) electrons. The Kier molecular flexibility index (Phi) is 7.62. The van der Waals surface area contributed by atoms with Gasteiger partial charge in [-0.25, -0.2) is 8.42 Å². The summed E-state index contributed by atoms with van der Waals surface area (Å²) in [4.78, 5) is 22.7. The van der Waals surface area contributed by atoms with E-state index in [1.165, 1.54) is 0 Å². The molecule has 2 amide bonds. The smallest absolute Gasteiger partial charge is 0.236 e.